The summed E-state index contributed by atoms with van der Waals surface area (Å²) in [6.45, 7) is 0. The zero-order chi connectivity index (χ0) is 18.3. The van der Waals surface area contributed by atoms with Gasteiger partial charge in [-0.15, -0.1) is 0 Å². The van der Waals surface area contributed by atoms with Gasteiger partial charge in [0.05, 0.1) is 14.2 Å². The lowest BCUT2D eigenvalue weighted by Crippen LogP contribution is -2.32. The number of anilines is 1. The molecule has 5 nitrogen and oxygen atoms in total. The molecule has 1 fully saturated rings. The van der Waals surface area contributed by atoms with Crippen molar-refractivity contribution in [2.75, 3.05) is 12.8 Å². The molecule has 1 aromatic carbocycles. The first kappa shape index (κ1) is 16.9. The molecule has 2 aromatic heterocycles. The fraction of sp³-hybridized carbons (Fsp3) is 0.429. The molecule has 4 rings (SSSR count). The van der Waals surface area contributed by atoms with Gasteiger partial charge in [0, 0.05) is 18.3 Å². The molecule has 3 aromatic rings. The number of fused-ring (bicyclic) bond motifs is 1. The summed E-state index contributed by atoms with van der Waals surface area (Å²) in [6.07, 6.45) is 8.21. The number of hydrogen-bond acceptors (Lipinski definition) is 3. The predicted octanol–water partition coefficient (Wildman–Crippen LogP) is 3.70. The molecule has 2 N–H and O–H groups in total. The van der Waals surface area contributed by atoms with Crippen molar-refractivity contribution in [3.63, 3.8) is 0 Å². The van der Waals surface area contributed by atoms with Gasteiger partial charge in [-0.1, -0.05) is 36.4 Å². The normalized spacial score (nSPS) is 15.5. The van der Waals surface area contributed by atoms with E-state index in [-0.39, 0.29) is 0 Å². The lowest BCUT2D eigenvalue weighted by atomic mass is 9.84. The maximum Gasteiger partial charge on any atom is 0.232 e. The molecule has 0 atom stereocenters. The van der Waals surface area contributed by atoms with Gasteiger partial charge in [-0.3, -0.25) is 0 Å². The zero-order valence-electron chi connectivity index (χ0n) is 15.8. The molecular formula is C21H27N4O+. The SMILES string of the molecule is COc1ccc(-c2c(C3CCCCC3)n(C)c3nc[n+](C)c(N)c23)cc1. The van der Waals surface area contributed by atoms with Gasteiger partial charge in [0.25, 0.3) is 0 Å². The van der Waals surface area contributed by atoms with Crippen LogP contribution in [0.3, 0.4) is 0 Å². The van der Waals surface area contributed by atoms with Gasteiger partial charge in [-0.05, 0) is 36.5 Å². The van der Waals surface area contributed by atoms with Crippen LogP contribution < -0.4 is 15.0 Å². The molecule has 0 saturated heterocycles. The third-order valence-corrected chi connectivity index (χ3v) is 5.77. The van der Waals surface area contributed by atoms with Crippen LogP contribution in [-0.2, 0) is 14.1 Å². The highest BCUT2D eigenvalue weighted by Crippen LogP contribution is 2.43. The van der Waals surface area contributed by atoms with Crippen LogP contribution in [0.2, 0.25) is 0 Å². The number of rotatable bonds is 3. The first-order valence-electron chi connectivity index (χ1n) is 9.38. The minimum Gasteiger partial charge on any atom is -0.497 e. The fourth-order valence-corrected chi connectivity index (χ4v) is 4.37. The van der Waals surface area contributed by atoms with Crippen molar-refractivity contribution in [2.45, 2.75) is 38.0 Å². The second kappa shape index (κ2) is 6.63. The molecule has 1 aliphatic carbocycles. The van der Waals surface area contributed by atoms with Gasteiger partial charge >= 0.3 is 0 Å². The van der Waals surface area contributed by atoms with Crippen molar-refractivity contribution in [3.8, 4) is 16.9 Å². The standard InChI is InChI=1S/C21H26N4O/c1-24-13-23-21-18(20(24)22)17(14-9-11-16(26-3)12-10-14)19(25(21)2)15-7-5-4-6-8-15/h9-13,15,22H,4-8H2,1-3H3/p+1. The monoisotopic (exact) mass is 351 g/mol. The Kier molecular flexibility index (Phi) is 4.31. The van der Waals surface area contributed by atoms with Crippen LogP contribution in [0.1, 0.15) is 43.7 Å². The molecule has 5 heteroatoms. The topological polar surface area (TPSA) is 57.0 Å². The zero-order valence-corrected chi connectivity index (χ0v) is 15.8. The van der Waals surface area contributed by atoms with Gasteiger partial charge in [-0.2, -0.15) is 0 Å². The average molecular weight is 351 g/mol. The molecule has 0 amide bonds. The highest BCUT2D eigenvalue weighted by molar-refractivity contribution is 6.01. The molecule has 0 spiro atoms. The van der Waals surface area contributed by atoms with Crippen LogP contribution in [0.5, 0.6) is 5.75 Å². The first-order valence-corrected chi connectivity index (χ1v) is 9.38. The summed E-state index contributed by atoms with van der Waals surface area (Å²) in [7, 11) is 5.78. The van der Waals surface area contributed by atoms with E-state index >= 15 is 0 Å². The molecule has 0 aliphatic heterocycles. The number of hydrogen-bond donors (Lipinski definition) is 1. The average Bonchev–Trinajstić information content (AvgIpc) is 2.98. The Morgan fingerprint density at radius 1 is 1.15 bits per heavy atom. The van der Waals surface area contributed by atoms with Crippen molar-refractivity contribution in [2.24, 2.45) is 14.1 Å². The fourth-order valence-electron chi connectivity index (χ4n) is 4.37. The van der Waals surface area contributed by atoms with Crippen molar-refractivity contribution in [1.29, 1.82) is 0 Å². The molecule has 1 saturated carbocycles. The summed E-state index contributed by atoms with van der Waals surface area (Å²) < 4.78 is 9.51. The van der Waals surface area contributed by atoms with E-state index < -0.39 is 0 Å². The number of nitrogen functional groups attached to an aromatic ring is 1. The van der Waals surface area contributed by atoms with Gasteiger partial charge < -0.3 is 15.0 Å². The summed E-state index contributed by atoms with van der Waals surface area (Å²) >= 11 is 0. The van der Waals surface area contributed by atoms with Crippen LogP contribution in [0.15, 0.2) is 30.6 Å². The van der Waals surface area contributed by atoms with Crippen molar-refractivity contribution >= 4 is 16.9 Å². The second-order valence-corrected chi connectivity index (χ2v) is 7.32. The highest BCUT2D eigenvalue weighted by atomic mass is 16.5. The van der Waals surface area contributed by atoms with E-state index in [4.69, 9.17) is 15.5 Å². The Morgan fingerprint density at radius 2 is 1.85 bits per heavy atom. The van der Waals surface area contributed by atoms with Crippen LogP contribution in [-0.4, -0.2) is 16.7 Å². The Balaban J connectivity index is 2.01. The minimum absolute atomic E-state index is 0.560. The number of ether oxygens (including phenoxy) is 1. The van der Waals surface area contributed by atoms with Crippen molar-refractivity contribution in [1.82, 2.24) is 9.55 Å². The van der Waals surface area contributed by atoms with Crippen LogP contribution in [0.25, 0.3) is 22.2 Å². The molecule has 0 radical (unpaired) electrons. The molecular weight excluding hydrogens is 324 g/mol. The van der Waals surface area contributed by atoms with Gasteiger partial charge in [-0.25, -0.2) is 4.57 Å². The molecule has 2 heterocycles. The minimum atomic E-state index is 0.560. The quantitative estimate of drug-likeness (QED) is 0.732. The van der Waals surface area contributed by atoms with E-state index in [1.54, 1.807) is 13.4 Å². The Morgan fingerprint density at radius 3 is 2.50 bits per heavy atom. The summed E-state index contributed by atoms with van der Waals surface area (Å²) in [5.41, 5.74) is 11.3. The van der Waals surface area contributed by atoms with Crippen LogP contribution in [0.4, 0.5) is 5.82 Å². The maximum atomic E-state index is 6.51. The van der Waals surface area contributed by atoms with Crippen molar-refractivity contribution < 1.29 is 9.30 Å². The third-order valence-electron chi connectivity index (χ3n) is 5.77. The van der Waals surface area contributed by atoms with Gasteiger partial charge in [0.2, 0.25) is 17.8 Å². The number of methoxy groups -OCH3 is 1. The summed E-state index contributed by atoms with van der Waals surface area (Å²) in [6, 6.07) is 8.30. The van der Waals surface area contributed by atoms with Crippen LogP contribution >= 0.6 is 0 Å². The number of nitrogens with two attached hydrogens (primary N) is 1. The van der Waals surface area contributed by atoms with Gasteiger partial charge in [0.15, 0.2) is 0 Å². The molecule has 26 heavy (non-hydrogen) atoms. The largest absolute Gasteiger partial charge is 0.497 e. The Labute approximate surface area is 154 Å². The number of aryl methyl sites for hydroxylation is 2. The van der Waals surface area contributed by atoms with E-state index in [9.17, 15) is 0 Å². The van der Waals surface area contributed by atoms with E-state index in [1.807, 2.05) is 23.7 Å². The number of aromatic nitrogens is 3. The first-order chi connectivity index (χ1) is 12.6. The highest BCUT2D eigenvalue weighted by Gasteiger charge is 2.29. The maximum absolute atomic E-state index is 6.51. The van der Waals surface area contributed by atoms with E-state index in [2.05, 4.69) is 23.7 Å². The number of nitrogens with zero attached hydrogens (tertiary/aromatic N) is 3. The molecule has 0 bridgehead atoms. The smallest absolute Gasteiger partial charge is 0.232 e. The Bertz CT molecular complexity index is 937. The van der Waals surface area contributed by atoms with Crippen LogP contribution in [0, 0.1) is 0 Å². The summed E-state index contributed by atoms with van der Waals surface area (Å²) in [5, 5.41) is 1.06. The number of benzene rings is 1. The van der Waals surface area contributed by atoms with E-state index in [1.165, 1.54) is 48.9 Å². The molecule has 1 aliphatic rings. The Hall–Kier alpha value is -2.56. The third kappa shape index (κ3) is 2.62. The lowest BCUT2D eigenvalue weighted by Gasteiger charge is -2.24. The predicted molar refractivity (Wildman–Crippen MR) is 104 cm³/mol. The lowest BCUT2D eigenvalue weighted by molar-refractivity contribution is -0.658. The summed E-state index contributed by atoms with van der Waals surface area (Å²) in [5.74, 6) is 2.19. The molecule has 0 unspecified atom stereocenters. The van der Waals surface area contributed by atoms with E-state index in [0.29, 0.717) is 5.92 Å². The van der Waals surface area contributed by atoms with E-state index in [0.717, 1.165) is 22.6 Å². The second-order valence-electron chi connectivity index (χ2n) is 7.32. The van der Waals surface area contributed by atoms with Crippen molar-refractivity contribution in [3.05, 3.63) is 36.3 Å². The molecule has 136 valence electrons. The van der Waals surface area contributed by atoms with Gasteiger partial charge in [0.1, 0.15) is 11.1 Å². The summed E-state index contributed by atoms with van der Waals surface area (Å²) in [4.78, 5) is 4.70.